The zero-order valence-electron chi connectivity index (χ0n) is 17.1. The van der Waals surface area contributed by atoms with Crippen LogP contribution in [0.4, 0.5) is 0 Å². The summed E-state index contributed by atoms with van der Waals surface area (Å²) < 4.78 is 43.2. The Labute approximate surface area is 176 Å². The highest BCUT2D eigenvalue weighted by Crippen LogP contribution is 2.25. The topological polar surface area (TPSA) is 94.2 Å². The molecule has 0 radical (unpaired) electrons. The molecule has 8 nitrogen and oxygen atoms in total. The minimum absolute atomic E-state index is 0.103. The van der Waals surface area contributed by atoms with E-state index in [0.717, 1.165) is 0 Å². The van der Waals surface area contributed by atoms with Gasteiger partial charge < -0.3 is 19.5 Å². The van der Waals surface area contributed by atoms with Crippen LogP contribution >= 0.6 is 0 Å². The second-order valence-corrected chi connectivity index (χ2v) is 8.66. The first-order valence-corrected chi connectivity index (χ1v) is 11.0. The van der Waals surface area contributed by atoms with Gasteiger partial charge in [-0.05, 0) is 17.7 Å². The molecule has 0 aliphatic carbocycles. The van der Waals surface area contributed by atoms with Crippen LogP contribution in [0.15, 0.2) is 47.4 Å². The molecule has 2 aromatic carbocycles. The molecule has 1 heterocycles. The Morgan fingerprint density at radius 3 is 2.50 bits per heavy atom. The maximum atomic E-state index is 13.0. The van der Waals surface area contributed by atoms with Crippen molar-refractivity contribution >= 4 is 15.9 Å². The zero-order chi connectivity index (χ0) is 21.6. The molecule has 0 unspecified atom stereocenters. The highest BCUT2D eigenvalue weighted by atomic mass is 32.2. The van der Waals surface area contributed by atoms with Gasteiger partial charge in [-0.1, -0.05) is 24.3 Å². The van der Waals surface area contributed by atoms with Crippen molar-refractivity contribution in [2.75, 3.05) is 40.5 Å². The number of hydrogen-bond acceptors (Lipinski definition) is 6. The number of benzene rings is 2. The van der Waals surface area contributed by atoms with Gasteiger partial charge >= 0.3 is 0 Å². The largest absolute Gasteiger partial charge is 0.497 e. The minimum Gasteiger partial charge on any atom is -0.497 e. The molecule has 1 saturated heterocycles. The van der Waals surface area contributed by atoms with Crippen LogP contribution in [0, 0.1) is 0 Å². The SMILES string of the molecule is COc1ccc(CC(=O)NCc2ccccc2S(=O)(=O)N2CCOCC2)c(OC)c1. The molecule has 30 heavy (non-hydrogen) atoms. The number of ether oxygens (including phenoxy) is 3. The summed E-state index contributed by atoms with van der Waals surface area (Å²) in [7, 11) is -0.560. The van der Waals surface area contributed by atoms with E-state index in [1.807, 2.05) is 0 Å². The Kier molecular flexibility index (Phi) is 7.30. The van der Waals surface area contributed by atoms with Gasteiger partial charge in [-0.15, -0.1) is 0 Å². The molecule has 0 atom stereocenters. The summed E-state index contributed by atoms with van der Waals surface area (Å²) in [6.07, 6.45) is 0.103. The van der Waals surface area contributed by atoms with Crippen molar-refractivity contribution in [2.45, 2.75) is 17.9 Å². The number of carbonyl (C=O) groups is 1. The van der Waals surface area contributed by atoms with Crippen molar-refractivity contribution in [2.24, 2.45) is 0 Å². The molecule has 0 saturated carbocycles. The molecule has 9 heteroatoms. The zero-order valence-corrected chi connectivity index (χ0v) is 17.9. The van der Waals surface area contributed by atoms with Gasteiger partial charge in [0, 0.05) is 31.3 Å². The maximum Gasteiger partial charge on any atom is 0.243 e. The first-order chi connectivity index (χ1) is 14.5. The van der Waals surface area contributed by atoms with Gasteiger partial charge in [0.05, 0.1) is 38.7 Å². The standard InChI is InChI=1S/C21H26N2O6S/c1-27-18-8-7-16(19(14-18)28-2)13-21(24)22-15-17-5-3-4-6-20(17)30(25,26)23-9-11-29-12-10-23/h3-8,14H,9-13,15H2,1-2H3,(H,22,24). The minimum atomic E-state index is -3.65. The van der Waals surface area contributed by atoms with E-state index < -0.39 is 10.0 Å². The fourth-order valence-electron chi connectivity index (χ4n) is 3.25. The van der Waals surface area contributed by atoms with Crippen molar-refractivity contribution in [1.29, 1.82) is 0 Å². The van der Waals surface area contributed by atoms with Crippen LogP contribution in [-0.4, -0.2) is 59.2 Å². The predicted octanol–water partition coefficient (Wildman–Crippen LogP) is 1.58. The average molecular weight is 435 g/mol. The van der Waals surface area contributed by atoms with Crippen LogP contribution in [-0.2, 0) is 32.5 Å². The van der Waals surface area contributed by atoms with Crippen LogP contribution in [0.25, 0.3) is 0 Å². The molecule has 1 N–H and O–H groups in total. The summed E-state index contributed by atoms with van der Waals surface area (Å²) in [5.41, 5.74) is 1.25. The molecule has 1 fully saturated rings. The maximum absolute atomic E-state index is 13.0. The Hall–Kier alpha value is -2.62. The third-order valence-corrected chi connectivity index (χ3v) is 6.88. The summed E-state index contributed by atoms with van der Waals surface area (Å²) in [4.78, 5) is 12.7. The lowest BCUT2D eigenvalue weighted by molar-refractivity contribution is -0.120. The van der Waals surface area contributed by atoms with E-state index in [4.69, 9.17) is 14.2 Å². The molecular weight excluding hydrogens is 408 g/mol. The van der Waals surface area contributed by atoms with Crippen molar-refractivity contribution < 1.29 is 27.4 Å². The molecule has 1 aliphatic heterocycles. The van der Waals surface area contributed by atoms with Gasteiger partial charge in [0.25, 0.3) is 0 Å². The molecular formula is C21H26N2O6S. The first-order valence-electron chi connectivity index (χ1n) is 9.59. The molecule has 3 rings (SSSR count). The summed E-state index contributed by atoms with van der Waals surface area (Å²) in [5, 5.41) is 2.81. The number of hydrogen-bond donors (Lipinski definition) is 1. The normalized spacial score (nSPS) is 14.9. The Morgan fingerprint density at radius 2 is 1.80 bits per heavy atom. The lowest BCUT2D eigenvalue weighted by Gasteiger charge is -2.27. The Morgan fingerprint density at radius 1 is 1.07 bits per heavy atom. The van der Waals surface area contributed by atoms with Gasteiger partial charge in [-0.2, -0.15) is 4.31 Å². The molecule has 0 spiro atoms. The van der Waals surface area contributed by atoms with E-state index in [-0.39, 0.29) is 23.8 Å². The van der Waals surface area contributed by atoms with Gasteiger partial charge in [0.2, 0.25) is 15.9 Å². The summed E-state index contributed by atoms with van der Waals surface area (Å²) in [5.74, 6) is 0.954. The number of amides is 1. The van der Waals surface area contributed by atoms with Gasteiger partial charge in [-0.3, -0.25) is 4.79 Å². The molecule has 0 bridgehead atoms. The van der Waals surface area contributed by atoms with E-state index in [0.29, 0.717) is 48.9 Å². The fraction of sp³-hybridized carbons (Fsp3) is 0.381. The van der Waals surface area contributed by atoms with Gasteiger partial charge in [-0.25, -0.2) is 8.42 Å². The molecule has 162 valence electrons. The van der Waals surface area contributed by atoms with Crippen LogP contribution < -0.4 is 14.8 Å². The van der Waals surface area contributed by atoms with E-state index in [9.17, 15) is 13.2 Å². The second-order valence-electron chi connectivity index (χ2n) is 6.76. The van der Waals surface area contributed by atoms with Crippen molar-refractivity contribution in [3.8, 4) is 11.5 Å². The van der Waals surface area contributed by atoms with E-state index in [2.05, 4.69) is 5.32 Å². The number of methoxy groups -OCH3 is 2. The van der Waals surface area contributed by atoms with Crippen LogP contribution in [0.2, 0.25) is 0 Å². The molecule has 2 aromatic rings. The number of morpholine rings is 1. The predicted molar refractivity (Wildman–Crippen MR) is 111 cm³/mol. The third kappa shape index (κ3) is 5.10. The lowest BCUT2D eigenvalue weighted by Crippen LogP contribution is -2.41. The number of nitrogens with zero attached hydrogens (tertiary/aromatic N) is 1. The Balaban J connectivity index is 1.70. The molecule has 1 aliphatic rings. The van der Waals surface area contributed by atoms with E-state index in [1.165, 1.54) is 11.4 Å². The summed E-state index contributed by atoms with van der Waals surface area (Å²) >= 11 is 0. The summed E-state index contributed by atoms with van der Waals surface area (Å²) in [6.45, 7) is 1.50. The quantitative estimate of drug-likeness (QED) is 0.678. The fourth-order valence-corrected chi connectivity index (χ4v) is 4.88. The highest BCUT2D eigenvalue weighted by molar-refractivity contribution is 7.89. The third-order valence-electron chi connectivity index (χ3n) is 4.88. The molecule has 1 amide bonds. The van der Waals surface area contributed by atoms with Gasteiger partial charge in [0.15, 0.2) is 0 Å². The van der Waals surface area contributed by atoms with Crippen LogP contribution in [0.5, 0.6) is 11.5 Å². The number of sulfonamides is 1. The van der Waals surface area contributed by atoms with E-state index in [1.54, 1.807) is 49.6 Å². The van der Waals surface area contributed by atoms with Crippen LogP contribution in [0.3, 0.4) is 0 Å². The Bertz CT molecular complexity index is 987. The van der Waals surface area contributed by atoms with Crippen molar-refractivity contribution in [3.05, 3.63) is 53.6 Å². The number of carbonyl (C=O) groups excluding carboxylic acids is 1. The summed E-state index contributed by atoms with van der Waals surface area (Å²) in [6, 6.07) is 12.0. The van der Waals surface area contributed by atoms with Crippen molar-refractivity contribution in [1.82, 2.24) is 9.62 Å². The molecule has 0 aromatic heterocycles. The second kappa shape index (κ2) is 9.92. The lowest BCUT2D eigenvalue weighted by atomic mass is 10.1. The number of nitrogens with one attached hydrogen (secondary N) is 1. The van der Waals surface area contributed by atoms with Gasteiger partial charge in [0.1, 0.15) is 11.5 Å². The monoisotopic (exact) mass is 434 g/mol. The van der Waals surface area contributed by atoms with Crippen molar-refractivity contribution in [3.63, 3.8) is 0 Å². The van der Waals surface area contributed by atoms with Crippen LogP contribution in [0.1, 0.15) is 11.1 Å². The van der Waals surface area contributed by atoms with E-state index >= 15 is 0 Å². The highest BCUT2D eigenvalue weighted by Gasteiger charge is 2.28. The smallest absolute Gasteiger partial charge is 0.243 e. The average Bonchev–Trinajstić information content (AvgIpc) is 2.78. The first kappa shape index (κ1) is 22.1. The number of rotatable bonds is 8.